The Morgan fingerprint density at radius 1 is 0.925 bits per heavy atom. The fourth-order valence-corrected chi connectivity index (χ4v) is 4.62. The maximum atomic E-state index is 10.7. The van der Waals surface area contributed by atoms with Gasteiger partial charge in [-0.25, -0.2) is 4.98 Å². The second kappa shape index (κ2) is 19.7. The van der Waals surface area contributed by atoms with Gasteiger partial charge in [0.2, 0.25) is 5.89 Å². The van der Waals surface area contributed by atoms with Crippen molar-refractivity contribution in [3.63, 3.8) is 0 Å². The van der Waals surface area contributed by atoms with Crippen LogP contribution in [0.1, 0.15) is 106 Å². The summed E-state index contributed by atoms with van der Waals surface area (Å²) < 4.78 is 5.58. The van der Waals surface area contributed by atoms with Gasteiger partial charge in [-0.05, 0) is 54.0 Å². The van der Waals surface area contributed by atoms with Gasteiger partial charge in [0.15, 0.2) is 6.29 Å². The fourth-order valence-electron chi connectivity index (χ4n) is 4.62. The van der Waals surface area contributed by atoms with E-state index < -0.39 is 0 Å². The van der Waals surface area contributed by atoms with Crippen molar-refractivity contribution in [2.45, 2.75) is 99.2 Å². The Kier molecular flexibility index (Phi) is 17.1. The number of rotatable bonds is 6. The van der Waals surface area contributed by atoms with Crippen LogP contribution in [0.3, 0.4) is 0 Å². The molecule has 3 aromatic rings. The predicted octanol–water partition coefficient (Wildman–Crippen LogP) is 7.22. The number of carbonyl (C=O) groups is 1. The fraction of sp³-hybridized carbons (Fsp3) is 0.429. The monoisotopic (exact) mass is 547 g/mol. The molecule has 218 valence electrons. The van der Waals surface area contributed by atoms with Gasteiger partial charge in [0, 0.05) is 11.1 Å². The molecule has 2 aromatic carbocycles. The first-order valence-electron chi connectivity index (χ1n) is 14.2. The molecule has 2 N–H and O–H groups in total. The second-order valence-electron chi connectivity index (χ2n) is 9.66. The Morgan fingerprint density at radius 2 is 1.52 bits per heavy atom. The molecule has 5 nitrogen and oxygen atoms in total. The van der Waals surface area contributed by atoms with Gasteiger partial charge in [-0.2, -0.15) is 0 Å². The number of aryl methyl sites for hydroxylation is 2. The van der Waals surface area contributed by atoms with E-state index >= 15 is 0 Å². The maximum absolute atomic E-state index is 10.7. The van der Waals surface area contributed by atoms with Gasteiger partial charge in [-0.3, -0.25) is 4.79 Å². The lowest BCUT2D eigenvalue weighted by atomic mass is 10.0. The van der Waals surface area contributed by atoms with Crippen molar-refractivity contribution < 1.29 is 19.4 Å². The van der Waals surface area contributed by atoms with Crippen LogP contribution in [-0.2, 0) is 19.6 Å². The highest BCUT2D eigenvalue weighted by atomic mass is 16.4. The number of allylic oxidation sites excluding steroid dienone is 1. The molecule has 1 heterocycles. The number of aromatic nitrogens is 1. The van der Waals surface area contributed by atoms with Crippen molar-refractivity contribution >= 4 is 18.4 Å². The Hall–Kier alpha value is -3.28. The number of hydrogen-bond donors (Lipinski definition) is 2. The van der Waals surface area contributed by atoms with Crippen LogP contribution < -0.4 is 10.4 Å². The van der Waals surface area contributed by atoms with Gasteiger partial charge >= 0.3 is 0 Å². The van der Waals surface area contributed by atoms with E-state index in [1.165, 1.54) is 51.4 Å². The SMILES string of the molecule is C.C1CCCCCCC1.C=C/C=c1/cc(-c2nc(CO)c(C)o2)cc/c1=C/C.CCc1cccc(CO)c1C=O. The number of oxazole rings is 1. The van der Waals surface area contributed by atoms with E-state index in [0.29, 0.717) is 28.5 Å². The summed E-state index contributed by atoms with van der Waals surface area (Å²) in [4.78, 5) is 14.9. The summed E-state index contributed by atoms with van der Waals surface area (Å²) in [5.74, 6) is 1.18. The normalized spacial score (nSPS) is 13.9. The first-order valence-corrected chi connectivity index (χ1v) is 14.2. The van der Waals surface area contributed by atoms with E-state index in [1.807, 2.05) is 56.3 Å². The van der Waals surface area contributed by atoms with Crippen LogP contribution in [0.25, 0.3) is 23.6 Å². The van der Waals surface area contributed by atoms with Gasteiger partial charge in [0.1, 0.15) is 11.5 Å². The Labute approximate surface area is 241 Å². The molecule has 0 bridgehead atoms. The van der Waals surface area contributed by atoms with Crippen molar-refractivity contribution in [2.24, 2.45) is 0 Å². The van der Waals surface area contributed by atoms with Crippen molar-refractivity contribution in [3.05, 3.63) is 87.6 Å². The summed E-state index contributed by atoms with van der Waals surface area (Å²) in [5.41, 5.74) is 3.82. The van der Waals surface area contributed by atoms with Gasteiger partial charge < -0.3 is 14.6 Å². The van der Waals surface area contributed by atoms with Crippen LogP contribution in [0.2, 0.25) is 0 Å². The van der Waals surface area contributed by atoms with E-state index in [2.05, 4.69) is 11.6 Å². The van der Waals surface area contributed by atoms with E-state index in [1.54, 1.807) is 19.1 Å². The molecule has 4 rings (SSSR count). The quantitative estimate of drug-likeness (QED) is 0.318. The zero-order valence-corrected chi connectivity index (χ0v) is 23.9. The first kappa shape index (κ1) is 34.7. The van der Waals surface area contributed by atoms with E-state index in [0.717, 1.165) is 34.3 Å². The van der Waals surface area contributed by atoms with Crippen LogP contribution in [0.5, 0.6) is 0 Å². The largest absolute Gasteiger partial charge is 0.441 e. The number of aliphatic hydroxyl groups is 2. The van der Waals surface area contributed by atoms with E-state index in [4.69, 9.17) is 14.6 Å². The summed E-state index contributed by atoms with van der Waals surface area (Å²) in [6.45, 7) is 9.33. The minimum absolute atomic E-state index is 0. The van der Waals surface area contributed by atoms with Crippen molar-refractivity contribution in [2.75, 3.05) is 0 Å². The highest BCUT2D eigenvalue weighted by Crippen LogP contribution is 2.20. The van der Waals surface area contributed by atoms with Crippen molar-refractivity contribution in [1.29, 1.82) is 0 Å². The zero-order valence-electron chi connectivity index (χ0n) is 23.9. The lowest BCUT2D eigenvalue weighted by Gasteiger charge is -2.05. The molecule has 0 unspecified atom stereocenters. The lowest BCUT2D eigenvalue weighted by Crippen LogP contribution is -2.23. The standard InChI is InChI=1S/C16H17NO2.C10H12O2.C8H16.CH4/c1-4-6-13-9-14(8-7-12(13)5-2)16-17-15(10-18)11(3)19-16;1-2-8-4-3-5-9(6-11)10(8)7-12;1-2-4-6-8-7-5-3-1;/h4-9,18H,1,10H2,2-3H3;3-5,7,11H,2,6H2,1H3;1-8H2;1H4/b12-5-,13-6-;;;. The molecule has 40 heavy (non-hydrogen) atoms. The lowest BCUT2D eigenvalue weighted by molar-refractivity contribution is 0.111. The summed E-state index contributed by atoms with van der Waals surface area (Å²) in [5, 5.41) is 20.3. The van der Waals surface area contributed by atoms with Crippen LogP contribution >= 0.6 is 0 Å². The molecule has 0 saturated heterocycles. The molecule has 5 heteroatoms. The molecular formula is C35H49NO4. The minimum Gasteiger partial charge on any atom is -0.441 e. The average molecular weight is 548 g/mol. The van der Waals surface area contributed by atoms with Gasteiger partial charge in [0.25, 0.3) is 0 Å². The summed E-state index contributed by atoms with van der Waals surface area (Å²) >= 11 is 0. The Bertz CT molecular complexity index is 1240. The number of nitrogens with zero attached hydrogens (tertiary/aromatic N) is 1. The number of hydrogen-bond acceptors (Lipinski definition) is 5. The zero-order chi connectivity index (χ0) is 28.5. The second-order valence-corrected chi connectivity index (χ2v) is 9.66. The van der Waals surface area contributed by atoms with Gasteiger partial charge in [0.05, 0.1) is 13.2 Å². The highest BCUT2D eigenvalue weighted by Gasteiger charge is 2.10. The molecule has 1 aromatic heterocycles. The summed E-state index contributed by atoms with van der Waals surface area (Å²) in [7, 11) is 0. The third-order valence-corrected chi connectivity index (χ3v) is 6.94. The predicted molar refractivity (Wildman–Crippen MR) is 167 cm³/mol. The van der Waals surface area contributed by atoms with Crippen LogP contribution in [0.4, 0.5) is 0 Å². The maximum Gasteiger partial charge on any atom is 0.226 e. The molecule has 0 spiro atoms. The Morgan fingerprint density at radius 3 is 1.98 bits per heavy atom. The topological polar surface area (TPSA) is 83.6 Å². The highest BCUT2D eigenvalue weighted by molar-refractivity contribution is 5.79. The van der Waals surface area contributed by atoms with Crippen molar-refractivity contribution in [3.8, 4) is 11.5 Å². The molecular weight excluding hydrogens is 498 g/mol. The molecule has 1 saturated carbocycles. The average Bonchev–Trinajstić information content (AvgIpc) is 3.33. The molecule has 1 fully saturated rings. The van der Waals surface area contributed by atoms with Crippen LogP contribution in [-0.4, -0.2) is 21.5 Å². The van der Waals surface area contributed by atoms with E-state index in [-0.39, 0.29) is 20.6 Å². The first-order chi connectivity index (χ1) is 19.0. The number of carbonyl (C=O) groups excluding carboxylic acids is 1. The molecule has 0 radical (unpaired) electrons. The number of benzene rings is 2. The van der Waals surface area contributed by atoms with Gasteiger partial charge in [-0.1, -0.05) is 115 Å². The third-order valence-electron chi connectivity index (χ3n) is 6.94. The molecule has 0 atom stereocenters. The molecule has 0 amide bonds. The molecule has 1 aliphatic rings. The summed E-state index contributed by atoms with van der Waals surface area (Å²) in [6.07, 6.45) is 19.4. The Balaban J connectivity index is 0.000000326. The number of aldehydes is 1. The van der Waals surface area contributed by atoms with Crippen molar-refractivity contribution in [1.82, 2.24) is 4.98 Å². The van der Waals surface area contributed by atoms with Crippen LogP contribution in [0, 0.1) is 6.92 Å². The van der Waals surface area contributed by atoms with E-state index in [9.17, 15) is 4.79 Å². The molecule has 1 aliphatic carbocycles. The summed E-state index contributed by atoms with van der Waals surface area (Å²) in [6, 6.07) is 11.5. The molecule has 0 aliphatic heterocycles. The third kappa shape index (κ3) is 10.7. The van der Waals surface area contributed by atoms with Gasteiger partial charge in [-0.15, -0.1) is 0 Å². The minimum atomic E-state index is -0.109. The smallest absolute Gasteiger partial charge is 0.226 e. The number of aliphatic hydroxyl groups excluding tert-OH is 2. The van der Waals surface area contributed by atoms with Crippen LogP contribution in [0.15, 0.2) is 53.5 Å².